The summed E-state index contributed by atoms with van der Waals surface area (Å²) in [6.45, 7) is 3.54. The lowest BCUT2D eigenvalue weighted by molar-refractivity contribution is -0.144. The average Bonchev–Trinajstić information content (AvgIpc) is 3.12. The van der Waals surface area contributed by atoms with E-state index in [-0.39, 0.29) is 35.1 Å². The van der Waals surface area contributed by atoms with Crippen LogP contribution in [0.4, 0.5) is 5.69 Å². The van der Waals surface area contributed by atoms with E-state index in [9.17, 15) is 19.2 Å². The highest BCUT2D eigenvalue weighted by Crippen LogP contribution is 2.33. The van der Waals surface area contributed by atoms with Crippen LogP contribution in [0.15, 0.2) is 109 Å². The van der Waals surface area contributed by atoms with E-state index in [2.05, 4.69) is 10.6 Å². The van der Waals surface area contributed by atoms with Crippen LogP contribution in [0.2, 0.25) is 0 Å². The van der Waals surface area contributed by atoms with E-state index < -0.39 is 29.8 Å². The van der Waals surface area contributed by atoms with Crippen molar-refractivity contribution in [3.05, 3.63) is 137 Å². The third-order valence-electron chi connectivity index (χ3n) is 8.00. The summed E-state index contributed by atoms with van der Waals surface area (Å²) in [5.41, 5.74) is 8.59. The first kappa shape index (κ1) is 34.1. The Hall–Kier alpha value is -6.29. The Morgan fingerprint density at radius 3 is 2.00 bits per heavy atom. The minimum absolute atomic E-state index is 0.0192. The first-order valence-corrected chi connectivity index (χ1v) is 15.6. The number of hydrogen-bond donors (Lipinski definition) is 4. The van der Waals surface area contributed by atoms with Crippen molar-refractivity contribution in [2.75, 3.05) is 12.4 Å². The van der Waals surface area contributed by atoms with Crippen molar-refractivity contribution in [1.29, 1.82) is 5.41 Å². The molecule has 10 heteroatoms. The second-order valence-corrected chi connectivity index (χ2v) is 11.7. The number of carbonyl (C=O) groups is 4. The minimum atomic E-state index is -0.911. The number of amides is 2. The van der Waals surface area contributed by atoms with Crippen LogP contribution in [0.25, 0.3) is 21.9 Å². The Kier molecular flexibility index (Phi) is 10.5. The van der Waals surface area contributed by atoms with Crippen molar-refractivity contribution >= 4 is 46.0 Å². The number of ether oxygens (including phenoxy) is 2. The number of esters is 2. The average molecular weight is 657 g/mol. The summed E-state index contributed by atoms with van der Waals surface area (Å²) in [6.07, 6.45) is 0. The Bertz CT molecular complexity index is 2040. The highest BCUT2D eigenvalue weighted by atomic mass is 16.5. The predicted molar refractivity (Wildman–Crippen MR) is 188 cm³/mol. The van der Waals surface area contributed by atoms with Gasteiger partial charge in [-0.15, -0.1) is 0 Å². The summed E-state index contributed by atoms with van der Waals surface area (Å²) < 4.78 is 10.6. The summed E-state index contributed by atoms with van der Waals surface area (Å²) in [5, 5.41) is 14.9. The highest BCUT2D eigenvalue weighted by molar-refractivity contribution is 6.13. The molecule has 0 saturated heterocycles. The van der Waals surface area contributed by atoms with Gasteiger partial charge in [0.25, 0.3) is 11.8 Å². The van der Waals surface area contributed by atoms with Gasteiger partial charge in [0.15, 0.2) is 0 Å². The van der Waals surface area contributed by atoms with Crippen molar-refractivity contribution in [1.82, 2.24) is 5.32 Å². The molecule has 49 heavy (non-hydrogen) atoms. The van der Waals surface area contributed by atoms with E-state index >= 15 is 0 Å². The number of hydrogen-bond acceptors (Lipinski definition) is 7. The van der Waals surface area contributed by atoms with Gasteiger partial charge in [-0.25, -0.2) is 9.59 Å². The molecule has 0 aromatic heterocycles. The van der Waals surface area contributed by atoms with Crippen LogP contribution in [-0.2, 0) is 20.9 Å². The van der Waals surface area contributed by atoms with Gasteiger partial charge in [0, 0.05) is 22.4 Å². The Labute approximate surface area is 283 Å². The van der Waals surface area contributed by atoms with Gasteiger partial charge in [-0.2, -0.15) is 0 Å². The number of amidine groups is 1. The van der Waals surface area contributed by atoms with E-state index in [4.69, 9.17) is 20.6 Å². The molecule has 0 fully saturated rings. The lowest BCUT2D eigenvalue weighted by atomic mass is 9.90. The fourth-order valence-corrected chi connectivity index (χ4v) is 5.32. The van der Waals surface area contributed by atoms with Crippen LogP contribution >= 0.6 is 0 Å². The number of carbonyl (C=O) groups excluding carboxylic acids is 4. The van der Waals surface area contributed by atoms with Crippen molar-refractivity contribution < 1.29 is 28.7 Å². The Morgan fingerprint density at radius 1 is 0.735 bits per heavy atom. The number of methoxy groups -OCH3 is 1. The fourth-order valence-electron chi connectivity index (χ4n) is 5.32. The molecular weight excluding hydrogens is 620 g/mol. The van der Waals surface area contributed by atoms with Crippen LogP contribution in [-0.4, -0.2) is 42.7 Å². The highest BCUT2D eigenvalue weighted by Gasteiger charge is 2.27. The van der Waals surface area contributed by atoms with Gasteiger partial charge in [-0.1, -0.05) is 74.5 Å². The molecule has 0 aliphatic carbocycles. The number of benzene rings is 5. The number of nitrogens with one attached hydrogen (secondary N) is 3. The molecule has 5 aromatic carbocycles. The fraction of sp³-hybridized carbons (Fsp3) is 0.154. The molecule has 0 aliphatic rings. The Balaban J connectivity index is 1.60. The second kappa shape index (κ2) is 15.1. The van der Waals surface area contributed by atoms with Crippen molar-refractivity contribution in [3.8, 4) is 11.1 Å². The summed E-state index contributed by atoms with van der Waals surface area (Å²) in [5.74, 6) is -2.68. The standard InChI is InChI=1S/C39H36N4O6/c1-23(2)34(39(47)48-3)43-36(44)28-15-18-30(33(21-28)38(46)49-22-24-9-5-4-6-10-24)31-19-26-11-7-8-12-27(26)20-32(31)37(45)42-29-16-13-25(14-17-29)35(40)41/h4-21,23,34H,22H2,1-3H3,(H3,40,41)(H,42,45)(H,43,44). The normalized spacial score (nSPS) is 11.4. The molecule has 0 radical (unpaired) electrons. The first-order valence-electron chi connectivity index (χ1n) is 15.6. The van der Waals surface area contributed by atoms with Gasteiger partial charge in [-0.3, -0.25) is 15.0 Å². The molecule has 0 bridgehead atoms. The molecule has 5 N–H and O–H groups in total. The molecule has 0 spiro atoms. The lowest BCUT2D eigenvalue weighted by Crippen LogP contribution is -2.45. The maximum absolute atomic E-state index is 13.9. The van der Waals surface area contributed by atoms with Crippen LogP contribution < -0.4 is 16.4 Å². The number of rotatable bonds is 11. The van der Waals surface area contributed by atoms with E-state index in [1.165, 1.54) is 19.2 Å². The van der Waals surface area contributed by atoms with E-state index in [1.807, 2.05) is 60.7 Å². The monoisotopic (exact) mass is 656 g/mol. The summed E-state index contributed by atoms with van der Waals surface area (Å²) in [6, 6.07) is 30.4. The van der Waals surface area contributed by atoms with Gasteiger partial charge < -0.3 is 25.8 Å². The maximum Gasteiger partial charge on any atom is 0.339 e. The molecule has 5 aromatic rings. The van der Waals surface area contributed by atoms with Gasteiger partial charge in [-0.05, 0) is 81.9 Å². The molecule has 1 atom stereocenters. The third-order valence-corrected chi connectivity index (χ3v) is 8.00. The number of nitrogens with two attached hydrogens (primary N) is 1. The van der Waals surface area contributed by atoms with Crippen LogP contribution in [0.5, 0.6) is 0 Å². The van der Waals surface area contributed by atoms with Crippen LogP contribution in [0, 0.1) is 11.3 Å². The van der Waals surface area contributed by atoms with E-state index in [0.29, 0.717) is 22.4 Å². The molecular formula is C39H36N4O6. The zero-order chi connectivity index (χ0) is 35.1. The Morgan fingerprint density at radius 2 is 1.37 bits per heavy atom. The number of nitrogen functional groups attached to an aromatic ring is 1. The van der Waals surface area contributed by atoms with Crippen LogP contribution in [0.3, 0.4) is 0 Å². The quantitative estimate of drug-likeness (QED) is 0.0734. The van der Waals surface area contributed by atoms with Crippen molar-refractivity contribution in [2.24, 2.45) is 11.7 Å². The van der Waals surface area contributed by atoms with Gasteiger partial charge >= 0.3 is 11.9 Å². The van der Waals surface area contributed by atoms with Crippen molar-refractivity contribution in [2.45, 2.75) is 26.5 Å². The van der Waals surface area contributed by atoms with Crippen LogP contribution in [0.1, 0.15) is 56.0 Å². The summed E-state index contributed by atoms with van der Waals surface area (Å²) >= 11 is 0. The molecule has 10 nitrogen and oxygen atoms in total. The largest absolute Gasteiger partial charge is 0.467 e. The van der Waals surface area contributed by atoms with E-state index in [1.54, 1.807) is 50.2 Å². The number of anilines is 1. The van der Waals surface area contributed by atoms with Gasteiger partial charge in [0.2, 0.25) is 0 Å². The molecule has 0 aliphatic heterocycles. The molecule has 5 rings (SSSR count). The maximum atomic E-state index is 13.9. The zero-order valence-corrected chi connectivity index (χ0v) is 27.3. The topological polar surface area (TPSA) is 161 Å². The molecule has 248 valence electrons. The van der Waals surface area contributed by atoms with Gasteiger partial charge in [0.1, 0.15) is 18.5 Å². The third kappa shape index (κ3) is 7.99. The zero-order valence-electron chi connectivity index (χ0n) is 27.3. The second-order valence-electron chi connectivity index (χ2n) is 11.7. The minimum Gasteiger partial charge on any atom is -0.467 e. The van der Waals surface area contributed by atoms with Crippen molar-refractivity contribution in [3.63, 3.8) is 0 Å². The summed E-state index contributed by atoms with van der Waals surface area (Å²) in [7, 11) is 1.25. The summed E-state index contributed by atoms with van der Waals surface area (Å²) in [4.78, 5) is 53.6. The molecule has 1 unspecified atom stereocenters. The lowest BCUT2D eigenvalue weighted by Gasteiger charge is -2.20. The SMILES string of the molecule is COC(=O)C(NC(=O)c1ccc(-c2cc3ccccc3cc2C(=O)Nc2ccc(C(=N)N)cc2)c(C(=O)OCc2ccccc2)c1)C(C)C. The molecule has 0 saturated carbocycles. The first-order chi connectivity index (χ1) is 23.5. The van der Waals surface area contributed by atoms with E-state index in [0.717, 1.165) is 16.3 Å². The predicted octanol–water partition coefficient (Wildman–Crippen LogP) is 6.33. The molecule has 2 amide bonds. The number of fused-ring (bicyclic) bond motifs is 1. The smallest absolute Gasteiger partial charge is 0.339 e. The van der Waals surface area contributed by atoms with Gasteiger partial charge in [0.05, 0.1) is 12.7 Å². The molecule has 0 heterocycles.